The van der Waals surface area contributed by atoms with Crippen LogP contribution in [0.2, 0.25) is 0 Å². The zero-order chi connectivity index (χ0) is 13.7. The van der Waals surface area contributed by atoms with Crippen LogP contribution >= 0.6 is 23.2 Å². The summed E-state index contributed by atoms with van der Waals surface area (Å²) in [6, 6.07) is 13.6. The molecule has 0 radical (unpaired) electrons. The number of terminal acetylenes is 1. The molecule has 1 heterocycles. The third-order valence-electron chi connectivity index (χ3n) is 3.04. The van der Waals surface area contributed by atoms with Crippen LogP contribution in [0.4, 0.5) is 0 Å². The van der Waals surface area contributed by atoms with E-state index in [-0.39, 0.29) is 11.8 Å². The van der Waals surface area contributed by atoms with E-state index in [1.165, 1.54) is 0 Å². The van der Waals surface area contributed by atoms with E-state index >= 15 is 0 Å². The monoisotopic (exact) mass is 289 g/mol. The molecular formula is C16H13Cl2N. The number of pyridine rings is 1. The summed E-state index contributed by atoms with van der Waals surface area (Å²) in [5.41, 5.74) is 1.98. The Balaban J connectivity index is 2.41. The molecule has 0 amide bonds. The van der Waals surface area contributed by atoms with E-state index < -0.39 is 4.84 Å². The Bertz CT molecular complexity index is 546. The van der Waals surface area contributed by atoms with Gasteiger partial charge in [0.25, 0.3) is 0 Å². The Kier molecular flexibility index (Phi) is 4.85. The molecule has 0 N–H and O–H groups in total. The second-order valence-electron chi connectivity index (χ2n) is 4.20. The minimum atomic E-state index is -0.580. The topological polar surface area (TPSA) is 12.9 Å². The van der Waals surface area contributed by atoms with Crippen molar-refractivity contribution < 1.29 is 0 Å². The molecule has 0 aliphatic rings. The first-order valence-corrected chi connectivity index (χ1v) is 6.80. The summed E-state index contributed by atoms with van der Waals surface area (Å²) in [7, 11) is 0. The predicted molar refractivity (Wildman–Crippen MR) is 80.5 cm³/mol. The lowest BCUT2D eigenvalue weighted by Crippen LogP contribution is -2.16. The van der Waals surface area contributed by atoms with E-state index in [0.29, 0.717) is 0 Å². The number of aromatic nitrogens is 1. The maximum atomic E-state index is 6.15. The first-order chi connectivity index (χ1) is 9.24. The van der Waals surface area contributed by atoms with Crippen LogP contribution in [-0.2, 0) is 0 Å². The normalized spacial score (nSPS) is 13.8. The van der Waals surface area contributed by atoms with Gasteiger partial charge in [-0.1, -0.05) is 42.3 Å². The molecule has 0 fully saturated rings. The van der Waals surface area contributed by atoms with Crippen molar-refractivity contribution in [1.29, 1.82) is 0 Å². The first-order valence-electron chi connectivity index (χ1n) is 5.93. The Morgan fingerprint density at radius 3 is 2.21 bits per heavy atom. The van der Waals surface area contributed by atoms with Crippen molar-refractivity contribution in [2.24, 2.45) is 0 Å². The van der Waals surface area contributed by atoms with Gasteiger partial charge in [-0.2, -0.15) is 0 Å². The molecule has 1 aromatic heterocycles. The molecule has 2 atom stereocenters. The number of hydrogen-bond donors (Lipinski definition) is 0. The van der Waals surface area contributed by atoms with E-state index in [1.807, 2.05) is 42.5 Å². The van der Waals surface area contributed by atoms with Gasteiger partial charge in [0.1, 0.15) is 4.84 Å². The van der Waals surface area contributed by atoms with Crippen LogP contribution < -0.4 is 0 Å². The van der Waals surface area contributed by atoms with Crippen molar-refractivity contribution in [2.75, 3.05) is 0 Å². The van der Waals surface area contributed by atoms with Gasteiger partial charge < -0.3 is 0 Å². The third kappa shape index (κ3) is 3.29. The number of alkyl halides is 2. The molecule has 0 spiro atoms. The molecule has 96 valence electrons. The fourth-order valence-corrected chi connectivity index (χ4v) is 2.71. The lowest BCUT2D eigenvalue weighted by molar-refractivity contribution is 0.672. The maximum Gasteiger partial charge on any atom is 0.116 e. The smallest absolute Gasteiger partial charge is 0.116 e. The maximum absolute atomic E-state index is 6.15. The Labute approximate surface area is 123 Å². The van der Waals surface area contributed by atoms with Gasteiger partial charge in [-0.25, -0.2) is 0 Å². The number of rotatable bonds is 4. The van der Waals surface area contributed by atoms with Gasteiger partial charge in [0.2, 0.25) is 0 Å². The number of benzene rings is 1. The van der Waals surface area contributed by atoms with Crippen LogP contribution in [0.25, 0.3) is 0 Å². The summed E-state index contributed by atoms with van der Waals surface area (Å²) >= 11 is 12.3. The zero-order valence-electron chi connectivity index (χ0n) is 10.2. The summed E-state index contributed by atoms with van der Waals surface area (Å²) in [5, 5.41) is 0. The van der Waals surface area contributed by atoms with Gasteiger partial charge in [0.15, 0.2) is 0 Å². The standard InChI is InChI=1S/C16H13Cl2N/c1-2-14(13-9-6-10-19-11-13)15(16(17)18)12-7-4-3-5-8-12/h1,3-11,14-16H. The zero-order valence-corrected chi connectivity index (χ0v) is 11.7. The van der Waals surface area contributed by atoms with Crippen LogP contribution in [0.3, 0.4) is 0 Å². The summed E-state index contributed by atoms with van der Waals surface area (Å²) < 4.78 is 0. The van der Waals surface area contributed by atoms with Gasteiger partial charge >= 0.3 is 0 Å². The lowest BCUT2D eigenvalue weighted by atomic mass is 9.83. The van der Waals surface area contributed by atoms with Crippen molar-refractivity contribution in [2.45, 2.75) is 16.7 Å². The van der Waals surface area contributed by atoms with Gasteiger partial charge in [0.05, 0.1) is 5.92 Å². The molecule has 0 saturated heterocycles. The van der Waals surface area contributed by atoms with Crippen LogP contribution in [-0.4, -0.2) is 9.82 Å². The molecule has 2 rings (SSSR count). The highest BCUT2D eigenvalue weighted by Gasteiger charge is 2.28. The lowest BCUT2D eigenvalue weighted by Gasteiger charge is -2.24. The SMILES string of the molecule is C#CC(c1cccnc1)C(c1ccccc1)C(Cl)Cl. The Hall–Kier alpha value is -1.49. The van der Waals surface area contributed by atoms with Crippen LogP contribution in [0.5, 0.6) is 0 Å². The van der Waals surface area contributed by atoms with Crippen molar-refractivity contribution >= 4 is 23.2 Å². The Morgan fingerprint density at radius 1 is 1.00 bits per heavy atom. The quantitative estimate of drug-likeness (QED) is 0.601. The molecule has 1 aromatic carbocycles. The summed E-state index contributed by atoms with van der Waals surface area (Å²) in [6.07, 6.45) is 9.16. The van der Waals surface area contributed by atoms with Crippen LogP contribution in [0, 0.1) is 12.3 Å². The highest BCUT2D eigenvalue weighted by atomic mass is 35.5. The molecule has 0 aliphatic heterocycles. The average molecular weight is 290 g/mol. The van der Waals surface area contributed by atoms with Crippen molar-refractivity contribution in [3.8, 4) is 12.3 Å². The second kappa shape index (κ2) is 6.61. The molecule has 19 heavy (non-hydrogen) atoms. The molecule has 0 aliphatic carbocycles. The minimum absolute atomic E-state index is 0.154. The molecule has 1 nitrogen and oxygen atoms in total. The molecular weight excluding hydrogens is 277 g/mol. The number of nitrogens with zero attached hydrogens (tertiary/aromatic N) is 1. The Morgan fingerprint density at radius 2 is 1.68 bits per heavy atom. The minimum Gasteiger partial charge on any atom is -0.264 e. The van der Waals surface area contributed by atoms with Crippen molar-refractivity contribution in [1.82, 2.24) is 4.98 Å². The highest BCUT2D eigenvalue weighted by Crippen LogP contribution is 2.38. The van der Waals surface area contributed by atoms with Gasteiger partial charge in [-0.05, 0) is 17.2 Å². The third-order valence-corrected chi connectivity index (χ3v) is 3.58. The van der Waals surface area contributed by atoms with E-state index in [1.54, 1.807) is 12.4 Å². The summed E-state index contributed by atoms with van der Waals surface area (Å²) in [4.78, 5) is 3.53. The predicted octanol–water partition coefficient (Wildman–Crippen LogP) is 4.39. The van der Waals surface area contributed by atoms with Crippen molar-refractivity contribution in [3.63, 3.8) is 0 Å². The molecule has 3 heteroatoms. The molecule has 2 aromatic rings. The summed E-state index contributed by atoms with van der Waals surface area (Å²) in [6.45, 7) is 0. The van der Waals surface area contributed by atoms with Crippen LogP contribution in [0.1, 0.15) is 23.0 Å². The molecule has 2 unspecified atom stereocenters. The van der Waals surface area contributed by atoms with Gasteiger partial charge in [-0.15, -0.1) is 29.6 Å². The van der Waals surface area contributed by atoms with Gasteiger partial charge in [-0.3, -0.25) is 4.98 Å². The van der Waals surface area contributed by atoms with E-state index in [9.17, 15) is 0 Å². The largest absolute Gasteiger partial charge is 0.264 e. The fourth-order valence-electron chi connectivity index (χ4n) is 2.13. The van der Waals surface area contributed by atoms with E-state index in [2.05, 4.69) is 10.9 Å². The first kappa shape index (κ1) is 13.9. The van der Waals surface area contributed by atoms with E-state index in [0.717, 1.165) is 11.1 Å². The van der Waals surface area contributed by atoms with Crippen molar-refractivity contribution in [3.05, 3.63) is 66.0 Å². The average Bonchev–Trinajstić information content (AvgIpc) is 2.46. The number of hydrogen-bond acceptors (Lipinski definition) is 1. The highest BCUT2D eigenvalue weighted by molar-refractivity contribution is 6.44. The second-order valence-corrected chi connectivity index (χ2v) is 5.37. The summed E-state index contributed by atoms with van der Waals surface area (Å²) in [5.74, 6) is 2.44. The molecule has 0 saturated carbocycles. The number of halogens is 2. The van der Waals surface area contributed by atoms with Gasteiger partial charge in [0, 0.05) is 18.3 Å². The fraction of sp³-hybridized carbons (Fsp3) is 0.188. The van der Waals surface area contributed by atoms with E-state index in [4.69, 9.17) is 29.6 Å². The molecule has 0 bridgehead atoms. The van der Waals surface area contributed by atoms with Crippen LogP contribution in [0.15, 0.2) is 54.9 Å².